The van der Waals surface area contributed by atoms with Crippen molar-refractivity contribution >= 4 is 23.1 Å². The third kappa shape index (κ3) is 5.06. The fourth-order valence-corrected chi connectivity index (χ4v) is 3.05. The highest BCUT2D eigenvalue weighted by atomic mass is 32.1. The molecule has 0 aliphatic heterocycles. The minimum Gasteiger partial charge on any atom is -0.396 e. The number of nitrogens with one attached hydrogen (secondary N) is 2. The van der Waals surface area contributed by atoms with E-state index in [9.17, 15) is 9.90 Å². The smallest absolute Gasteiger partial charge is 0.319 e. The Morgan fingerprint density at radius 3 is 2.83 bits per heavy atom. The first kappa shape index (κ1) is 17.5. The third-order valence-corrected chi connectivity index (χ3v) is 4.56. The van der Waals surface area contributed by atoms with Crippen molar-refractivity contribution in [3.05, 3.63) is 52.2 Å². The molecule has 2 unspecified atom stereocenters. The van der Waals surface area contributed by atoms with Crippen LogP contribution in [0.3, 0.4) is 0 Å². The first-order chi connectivity index (χ1) is 11.1. The van der Waals surface area contributed by atoms with Gasteiger partial charge >= 0.3 is 6.03 Å². The SMILES string of the molecule is COC(C)c1cccc(NC(=O)NC(CCO)c2cccs2)c1. The number of thiophene rings is 1. The van der Waals surface area contributed by atoms with Gasteiger partial charge in [-0.3, -0.25) is 0 Å². The Bertz CT molecular complexity index is 616. The van der Waals surface area contributed by atoms with Gasteiger partial charge in [-0.15, -0.1) is 11.3 Å². The Kier molecular flexibility index (Phi) is 6.58. The van der Waals surface area contributed by atoms with Crippen molar-refractivity contribution in [3.8, 4) is 0 Å². The summed E-state index contributed by atoms with van der Waals surface area (Å²) in [5.74, 6) is 0. The van der Waals surface area contributed by atoms with E-state index in [0.29, 0.717) is 12.1 Å². The second kappa shape index (κ2) is 8.67. The molecular formula is C17H22N2O3S. The molecule has 2 rings (SSSR count). The van der Waals surface area contributed by atoms with Crippen LogP contribution in [0.5, 0.6) is 0 Å². The molecule has 1 heterocycles. The highest BCUT2D eigenvalue weighted by molar-refractivity contribution is 7.10. The molecule has 0 radical (unpaired) electrons. The molecule has 1 aromatic heterocycles. The van der Waals surface area contributed by atoms with Crippen LogP contribution in [-0.2, 0) is 4.74 Å². The standard InChI is InChI=1S/C17H22N2O3S/c1-12(22-2)13-5-3-6-14(11-13)18-17(21)19-15(8-9-20)16-7-4-10-23-16/h3-7,10-12,15,20H,8-9H2,1-2H3,(H2,18,19,21). The largest absolute Gasteiger partial charge is 0.396 e. The number of methoxy groups -OCH3 is 1. The van der Waals surface area contributed by atoms with Gasteiger partial charge in [-0.25, -0.2) is 4.79 Å². The van der Waals surface area contributed by atoms with E-state index >= 15 is 0 Å². The van der Waals surface area contributed by atoms with Crippen LogP contribution in [0.25, 0.3) is 0 Å². The van der Waals surface area contributed by atoms with Crippen LogP contribution in [0.15, 0.2) is 41.8 Å². The van der Waals surface area contributed by atoms with Gasteiger partial charge in [-0.1, -0.05) is 18.2 Å². The maximum atomic E-state index is 12.2. The summed E-state index contributed by atoms with van der Waals surface area (Å²) in [6.45, 7) is 1.97. The number of hydrogen-bond acceptors (Lipinski definition) is 4. The highest BCUT2D eigenvalue weighted by Gasteiger charge is 2.15. The number of hydrogen-bond donors (Lipinski definition) is 3. The van der Waals surface area contributed by atoms with Crippen molar-refractivity contribution in [2.24, 2.45) is 0 Å². The van der Waals surface area contributed by atoms with Gasteiger partial charge in [-0.2, -0.15) is 0 Å². The molecular weight excluding hydrogens is 312 g/mol. The van der Waals surface area contributed by atoms with Crippen LogP contribution in [0.1, 0.15) is 35.9 Å². The van der Waals surface area contributed by atoms with Crippen LogP contribution in [0.4, 0.5) is 10.5 Å². The van der Waals surface area contributed by atoms with E-state index < -0.39 is 0 Å². The summed E-state index contributed by atoms with van der Waals surface area (Å²) in [6.07, 6.45) is 0.447. The number of carbonyl (C=O) groups is 1. The Labute approximate surface area is 140 Å². The maximum Gasteiger partial charge on any atom is 0.319 e. The van der Waals surface area contributed by atoms with Crippen molar-refractivity contribution in [1.82, 2.24) is 5.32 Å². The molecule has 3 N–H and O–H groups in total. The predicted molar refractivity (Wildman–Crippen MR) is 92.8 cm³/mol. The van der Waals surface area contributed by atoms with Gasteiger partial charge in [0.1, 0.15) is 0 Å². The minimum absolute atomic E-state index is 0.0175. The lowest BCUT2D eigenvalue weighted by atomic mass is 10.1. The lowest BCUT2D eigenvalue weighted by Gasteiger charge is -2.17. The number of amides is 2. The fourth-order valence-electron chi connectivity index (χ4n) is 2.23. The van der Waals surface area contributed by atoms with Crippen LogP contribution in [-0.4, -0.2) is 24.9 Å². The number of rotatable bonds is 7. The van der Waals surface area contributed by atoms with Crippen LogP contribution >= 0.6 is 11.3 Å². The molecule has 0 fully saturated rings. The fraction of sp³-hybridized carbons (Fsp3) is 0.353. The van der Waals surface area contributed by atoms with E-state index in [1.54, 1.807) is 18.4 Å². The number of urea groups is 1. The molecule has 6 heteroatoms. The zero-order chi connectivity index (χ0) is 16.7. The molecule has 0 saturated heterocycles. The molecule has 0 saturated carbocycles. The van der Waals surface area contributed by atoms with Gasteiger partial charge in [0.2, 0.25) is 0 Å². The Morgan fingerprint density at radius 2 is 2.17 bits per heavy atom. The summed E-state index contributed by atoms with van der Waals surface area (Å²) in [5.41, 5.74) is 1.70. The number of carbonyl (C=O) groups excluding carboxylic acids is 1. The number of aliphatic hydroxyl groups excluding tert-OH is 1. The first-order valence-electron chi connectivity index (χ1n) is 7.48. The average molecular weight is 334 g/mol. The zero-order valence-electron chi connectivity index (χ0n) is 13.3. The molecule has 23 heavy (non-hydrogen) atoms. The van der Waals surface area contributed by atoms with Crippen molar-refractivity contribution in [2.45, 2.75) is 25.5 Å². The lowest BCUT2D eigenvalue weighted by Crippen LogP contribution is -2.32. The van der Waals surface area contributed by atoms with E-state index in [-0.39, 0.29) is 24.8 Å². The summed E-state index contributed by atoms with van der Waals surface area (Å²) in [4.78, 5) is 13.2. The number of benzene rings is 1. The molecule has 0 spiro atoms. The van der Waals surface area contributed by atoms with E-state index in [1.807, 2.05) is 48.7 Å². The number of anilines is 1. The van der Waals surface area contributed by atoms with E-state index in [4.69, 9.17) is 4.74 Å². The minimum atomic E-state index is -0.293. The molecule has 0 bridgehead atoms. The first-order valence-corrected chi connectivity index (χ1v) is 8.36. The van der Waals surface area contributed by atoms with E-state index in [1.165, 1.54) is 0 Å². The number of aliphatic hydroxyl groups is 1. The van der Waals surface area contributed by atoms with Gasteiger partial charge < -0.3 is 20.5 Å². The topological polar surface area (TPSA) is 70.6 Å². The van der Waals surface area contributed by atoms with Gasteiger partial charge in [0.25, 0.3) is 0 Å². The molecule has 2 atom stereocenters. The summed E-state index contributed by atoms with van der Waals surface area (Å²) in [5, 5.41) is 16.9. The zero-order valence-corrected chi connectivity index (χ0v) is 14.1. The summed E-state index contributed by atoms with van der Waals surface area (Å²) in [6, 6.07) is 11.0. The molecule has 0 aliphatic rings. The van der Waals surface area contributed by atoms with Gasteiger partial charge in [0.05, 0.1) is 12.1 Å². The Balaban J connectivity index is 2.01. The molecule has 5 nitrogen and oxygen atoms in total. The second-order valence-corrected chi connectivity index (χ2v) is 6.16. The van der Waals surface area contributed by atoms with Crippen molar-refractivity contribution < 1.29 is 14.6 Å². The maximum absolute atomic E-state index is 12.2. The monoisotopic (exact) mass is 334 g/mol. The Hall–Kier alpha value is -1.89. The second-order valence-electron chi connectivity index (χ2n) is 5.18. The molecule has 124 valence electrons. The molecule has 2 aromatic rings. The predicted octanol–water partition coefficient (Wildman–Crippen LogP) is 3.70. The Morgan fingerprint density at radius 1 is 1.35 bits per heavy atom. The van der Waals surface area contributed by atoms with Crippen LogP contribution < -0.4 is 10.6 Å². The van der Waals surface area contributed by atoms with E-state index in [2.05, 4.69) is 10.6 Å². The van der Waals surface area contributed by atoms with Gasteiger partial charge in [-0.05, 0) is 42.5 Å². The third-order valence-electron chi connectivity index (χ3n) is 3.58. The normalized spacial score (nSPS) is 13.3. The summed E-state index contributed by atoms with van der Waals surface area (Å²) in [7, 11) is 1.65. The highest BCUT2D eigenvalue weighted by Crippen LogP contribution is 2.23. The average Bonchev–Trinajstić information content (AvgIpc) is 3.08. The molecule has 1 aromatic carbocycles. The van der Waals surface area contributed by atoms with Crippen molar-refractivity contribution in [2.75, 3.05) is 19.0 Å². The summed E-state index contributed by atoms with van der Waals surface area (Å²) < 4.78 is 5.29. The van der Waals surface area contributed by atoms with Crippen LogP contribution in [0, 0.1) is 0 Å². The quantitative estimate of drug-likeness (QED) is 0.723. The van der Waals surface area contributed by atoms with Crippen molar-refractivity contribution in [1.29, 1.82) is 0 Å². The molecule has 0 aliphatic carbocycles. The number of ether oxygens (including phenoxy) is 1. The van der Waals surface area contributed by atoms with Crippen molar-refractivity contribution in [3.63, 3.8) is 0 Å². The van der Waals surface area contributed by atoms with Gasteiger partial charge in [0.15, 0.2) is 0 Å². The molecule has 2 amide bonds. The van der Waals surface area contributed by atoms with Gasteiger partial charge in [0, 0.05) is 24.3 Å². The van der Waals surface area contributed by atoms with E-state index in [0.717, 1.165) is 10.4 Å². The summed E-state index contributed by atoms with van der Waals surface area (Å²) >= 11 is 1.56. The van der Waals surface area contributed by atoms with Crippen LogP contribution in [0.2, 0.25) is 0 Å². The lowest BCUT2D eigenvalue weighted by molar-refractivity contribution is 0.119.